The third kappa shape index (κ3) is 8.59. The topological polar surface area (TPSA) is 82.0 Å². The molecule has 2 atom stereocenters. The SMILES string of the molecule is O=C(OCc1ccccc1)N1CCCCC(CO)C1.OCC1CCCCNC1. The lowest BCUT2D eigenvalue weighted by atomic mass is 10.1. The minimum atomic E-state index is -0.274. The summed E-state index contributed by atoms with van der Waals surface area (Å²) < 4.78 is 5.32. The van der Waals surface area contributed by atoms with Crippen LogP contribution in [0, 0.1) is 11.8 Å². The molecule has 1 amide bonds. The molecular formula is C22H36N2O4. The summed E-state index contributed by atoms with van der Waals surface area (Å²) in [4.78, 5) is 13.7. The summed E-state index contributed by atoms with van der Waals surface area (Å²) in [5.41, 5.74) is 0.990. The van der Waals surface area contributed by atoms with Gasteiger partial charge in [-0.3, -0.25) is 0 Å². The van der Waals surface area contributed by atoms with Gasteiger partial charge in [-0.05, 0) is 49.6 Å². The van der Waals surface area contributed by atoms with E-state index in [1.54, 1.807) is 4.90 Å². The summed E-state index contributed by atoms with van der Waals surface area (Å²) in [6.45, 7) is 4.27. The monoisotopic (exact) mass is 392 g/mol. The molecule has 3 rings (SSSR count). The highest BCUT2D eigenvalue weighted by molar-refractivity contribution is 5.67. The second-order valence-corrected chi connectivity index (χ2v) is 7.78. The predicted molar refractivity (Wildman–Crippen MR) is 110 cm³/mol. The van der Waals surface area contributed by atoms with Gasteiger partial charge in [0.25, 0.3) is 0 Å². The van der Waals surface area contributed by atoms with Crippen LogP contribution in [0.1, 0.15) is 44.1 Å². The highest BCUT2D eigenvalue weighted by atomic mass is 16.6. The number of likely N-dealkylation sites (tertiary alicyclic amines) is 1. The number of aliphatic hydroxyl groups excluding tert-OH is 2. The summed E-state index contributed by atoms with van der Waals surface area (Å²) in [6.07, 6.45) is 6.51. The molecule has 2 saturated heterocycles. The van der Waals surface area contributed by atoms with E-state index in [1.165, 1.54) is 19.3 Å². The molecule has 0 saturated carbocycles. The summed E-state index contributed by atoms with van der Waals surface area (Å²) in [5, 5.41) is 21.3. The minimum absolute atomic E-state index is 0.141. The molecule has 3 N–H and O–H groups in total. The fourth-order valence-corrected chi connectivity index (χ4v) is 3.60. The second-order valence-electron chi connectivity index (χ2n) is 7.78. The van der Waals surface area contributed by atoms with Crippen LogP contribution in [-0.4, -0.2) is 60.6 Å². The lowest BCUT2D eigenvalue weighted by Gasteiger charge is -2.22. The van der Waals surface area contributed by atoms with Gasteiger partial charge in [-0.15, -0.1) is 0 Å². The molecule has 1 aromatic rings. The molecule has 0 aliphatic carbocycles. The maximum absolute atomic E-state index is 12.0. The lowest BCUT2D eigenvalue weighted by Crippen LogP contribution is -2.35. The smallest absolute Gasteiger partial charge is 0.410 e. The summed E-state index contributed by atoms with van der Waals surface area (Å²) in [7, 11) is 0. The van der Waals surface area contributed by atoms with Crippen molar-refractivity contribution >= 4 is 6.09 Å². The molecule has 6 nitrogen and oxygen atoms in total. The van der Waals surface area contributed by atoms with Crippen LogP contribution in [0.25, 0.3) is 0 Å². The van der Waals surface area contributed by atoms with Gasteiger partial charge in [0.05, 0.1) is 0 Å². The zero-order chi connectivity index (χ0) is 20.0. The van der Waals surface area contributed by atoms with Crippen LogP contribution in [0.15, 0.2) is 30.3 Å². The maximum Gasteiger partial charge on any atom is 0.410 e. The van der Waals surface area contributed by atoms with Crippen molar-refractivity contribution in [3.8, 4) is 0 Å². The van der Waals surface area contributed by atoms with E-state index in [1.807, 2.05) is 30.3 Å². The molecule has 28 heavy (non-hydrogen) atoms. The molecule has 2 aliphatic heterocycles. The van der Waals surface area contributed by atoms with Crippen LogP contribution < -0.4 is 5.32 Å². The number of carbonyl (C=O) groups is 1. The van der Waals surface area contributed by atoms with Crippen molar-refractivity contribution in [1.29, 1.82) is 0 Å². The van der Waals surface area contributed by atoms with E-state index in [2.05, 4.69) is 5.32 Å². The van der Waals surface area contributed by atoms with Gasteiger partial charge in [-0.2, -0.15) is 0 Å². The first kappa shape index (κ1) is 22.7. The van der Waals surface area contributed by atoms with Gasteiger partial charge < -0.3 is 25.2 Å². The Morgan fingerprint density at radius 3 is 2.50 bits per heavy atom. The Balaban J connectivity index is 0.000000261. The average molecular weight is 393 g/mol. The molecule has 6 heteroatoms. The first-order valence-electron chi connectivity index (χ1n) is 10.6. The number of nitrogens with one attached hydrogen (secondary N) is 1. The van der Waals surface area contributed by atoms with E-state index in [0.717, 1.165) is 44.5 Å². The third-order valence-corrected chi connectivity index (χ3v) is 5.40. The molecule has 158 valence electrons. The van der Waals surface area contributed by atoms with E-state index in [4.69, 9.17) is 9.84 Å². The average Bonchev–Trinajstić information content (AvgIpc) is 3.16. The number of hydrogen-bond donors (Lipinski definition) is 3. The molecule has 0 radical (unpaired) electrons. The summed E-state index contributed by atoms with van der Waals surface area (Å²) in [6, 6.07) is 9.66. The Hall–Kier alpha value is -1.63. The van der Waals surface area contributed by atoms with Crippen LogP contribution in [0.3, 0.4) is 0 Å². The summed E-state index contributed by atoms with van der Waals surface area (Å²) in [5.74, 6) is 0.708. The molecule has 2 fully saturated rings. The van der Waals surface area contributed by atoms with Crippen molar-refractivity contribution < 1.29 is 19.7 Å². The maximum atomic E-state index is 12.0. The van der Waals surface area contributed by atoms with Gasteiger partial charge in [-0.1, -0.05) is 43.2 Å². The largest absolute Gasteiger partial charge is 0.445 e. The molecule has 2 aliphatic rings. The molecule has 0 bridgehead atoms. The van der Waals surface area contributed by atoms with E-state index < -0.39 is 0 Å². The van der Waals surface area contributed by atoms with Crippen LogP contribution in [-0.2, 0) is 11.3 Å². The lowest BCUT2D eigenvalue weighted by molar-refractivity contribution is 0.0878. The van der Waals surface area contributed by atoms with Gasteiger partial charge in [0, 0.05) is 32.8 Å². The predicted octanol–water partition coefficient (Wildman–Crippen LogP) is 2.79. The molecular weight excluding hydrogens is 356 g/mol. The number of carbonyl (C=O) groups excluding carboxylic acids is 1. The number of benzene rings is 1. The first-order chi connectivity index (χ1) is 13.7. The van der Waals surface area contributed by atoms with Crippen LogP contribution in [0.4, 0.5) is 4.79 Å². The Morgan fingerprint density at radius 1 is 1.04 bits per heavy atom. The number of rotatable bonds is 4. The van der Waals surface area contributed by atoms with E-state index >= 15 is 0 Å². The fraction of sp³-hybridized carbons (Fsp3) is 0.682. The Kier molecular flexibility index (Phi) is 10.9. The van der Waals surface area contributed by atoms with Crippen molar-refractivity contribution in [2.24, 2.45) is 11.8 Å². The standard InChI is InChI=1S/C15H21NO3.C7H15NO/c17-11-14-8-4-5-9-16(10-14)15(18)19-12-13-6-2-1-3-7-13;9-6-7-3-1-2-4-8-5-7/h1-3,6-7,14,17H,4-5,8-12H2;7-9H,1-6H2. The molecule has 2 unspecified atom stereocenters. The van der Waals surface area contributed by atoms with Crippen molar-refractivity contribution in [3.05, 3.63) is 35.9 Å². The summed E-state index contributed by atoms with van der Waals surface area (Å²) >= 11 is 0. The zero-order valence-corrected chi connectivity index (χ0v) is 16.9. The Labute approximate surface area is 168 Å². The van der Waals surface area contributed by atoms with E-state index in [-0.39, 0.29) is 18.6 Å². The van der Waals surface area contributed by atoms with Crippen molar-refractivity contribution in [2.75, 3.05) is 39.4 Å². The second kappa shape index (κ2) is 13.5. The quantitative estimate of drug-likeness (QED) is 0.734. The molecule has 0 spiro atoms. The van der Waals surface area contributed by atoms with E-state index in [9.17, 15) is 9.90 Å². The highest BCUT2D eigenvalue weighted by Gasteiger charge is 2.22. The van der Waals surface area contributed by atoms with Crippen molar-refractivity contribution in [2.45, 2.75) is 45.1 Å². The highest BCUT2D eigenvalue weighted by Crippen LogP contribution is 2.17. The van der Waals surface area contributed by atoms with Crippen LogP contribution in [0.5, 0.6) is 0 Å². The minimum Gasteiger partial charge on any atom is -0.445 e. The number of amides is 1. The van der Waals surface area contributed by atoms with Crippen LogP contribution in [0.2, 0.25) is 0 Å². The molecule has 1 aromatic carbocycles. The Bertz CT molecular complexity index is 533. The van der Waals surface area contributed by atoms with Gasteiger partial charge in [0.1, 0.15) is 6.61 Å². The normalized spacial score (nSPS) is 23.0. The number of ether oxygens (including phenoxy) is 1. The van der Waals surface area contributed by atoms with Crippen molar-refractivity contribution in [3.63, 3.8) is 0 Å². The molecule has 2 heterocycles. The van der Waals surface area contributed by atoms with Gasteiger partial charge >= 0.3 is 6.09 Å². The number of aliphatic hydroxyl groups is 2. The third-order valence-electron chi connectivity index (χ3n) is 5.40. The van der Waals surface area contributed by atoms with Gasteiger partial charge in [-0.25, -0.2) is 4.79 Å². The van der Waals surface area contributed by atoms with Crippen molar-refractivity contribution in [1.82, 2.24) is 10.2 Å². The number of hydrogen-bond acceptors (Lipinski definition) is 5. The van der Waals surface area contributed by atoms with E-state index in [0.29, 0.717) is 25.7 Å². The first-order valence-corrected chi connectivity index (χ1v) is 10.6. The van der Waals surface area contributed by atoms with Gasteiger partial charge in [0.2, 0.25) is 0 Å². The Morgan fingerprint density at radius 2 is 1.75 bits per heavy atom. The number of nitrogens with zero attached hydrogens (tertiary/aromatic N) is 1. The van der Waals surface area contributed by atoms with Crippen LogP contribution >= 0.6 is 0 Å². The molecule has 0 aromatic heterocycles. The fourth-order valence-electron chi connectivity index (χ4n) is 3.60. The van der Waals surface area contributed by atoms with Gasteiger partial charge in [0.15, 0.2) is 0 Å². The zero-order valence-electron chi connectivity index (χ0n) is 16.9.